The fourth-order valence-corrected chi connectivity index (χ4v) is 3.16. The van der Waals surface area contributed by atoms with Gasteiger partial charge in [0.05, 0.1) is 19.9 Å². The van der Waals surface area contributed by atoms with Crippen molar-refractivity contribution in [3.8, 4) is 0 Å². The van der Waals surface area contributed by atoms with Crippen LogP contribution in [0, 0.1) is 5.41 Å². The molecule has 17 heavy (non-hydrogen) atoms. The lowest BCUT2D eigenvalue weighted by molar-refractivity contribution is -0.0719. The molecule has 0 atom stereocenters. The Hall–Kier alpha value is -0.930. The summed E-state index contributed by atoms with van der Waals surface area (Å²) in [6.07, 6.45) is 1.81. The second-order valence-electron chi connectivity index (χ2n) is 5.26. The minimum Gasteiger partial charge on any atom is -0.396 e. The highest BCUT2D eigenvalue weighted by Gasteiger charge is 2.54. The first kappa shape index (κ1) is 12.5. The van der Waals surface area contributed by atoms with E-state index in [1.165, 1.54) is 0 Å². The van der Waals surface area contributed by atoms with E-state index in [1.807, 2.05) is 30.3 Å². The Kier molecular flexibility index (Phi) is 3.50. The van der Waals surface area contributed by atoms with E-state index in [2.05, 4.69) is 0 Å². The standard InChI is InChI=1S/C14H19FO2/c15-7-6-14(12-4-2-1-3-5-12)8-13(9-14,10-16)11-17/h1-5,16-17H,6-11H2. The van der Waals surface area contributed by atoms with Gasteiger partial charge in [-0.2, -0.15) is 0 Å². The molecule has 0 aliphatic heterocycles. The van der Waals surface area contributed by atoms with Crippen LogP contribution in [0.1, 0.15) is 24.8 Å². The first-order valence-corrected chi connectivity index (χ1v) is 6.04. The monoisotopic (exact) mass is 238 g/mol. The van der Waals surface area contributed by atoms with Gasteiger partial charge in [0.25, 0.3) is 0 Å². The first-order valence-electron chi connectivity index (χ1n) is 6.04. The Morgan fingerprint density at radius 3 is 2.12 bits per heavy atom. The summed E-state index contributed by atoms with van der Waals surface area (Å²) >= 11 is 0. The van der Waals surface area contributed by atoms with Crippen molar-refractivity contribution in [1.82, 2.24) is 0 Å². The molecule has 2 N–H and O–H groups in total. The normalized spacial score (nSPS) is 20.9. The molecule has 1 saturated carbocycles. The van der Waals surface area contributed by atoms with Crippen molar-refractivity contribution in [3.05, 3.63) is 35.9 Å². The molecule has 3 heteroatoms. The van der Waals surface area contributed by atoms with Crippen molar-refractivity contribution >= 4 is 0 Å². The number of rotatable bonds is 5. The lowest BCUT2D eigenvalue weighted by Gasteiger charge is -2.55. The van der Waals surface area contributed by atoms with Crippen LogP contribution >= 0.6 is 0 Å². The molecule has 0 unspecified atom stereocenters. The predicted octanol–water partition coefficient (Wildman–Crippen LogP) is 2.05. The predicted molar refractivity (Wildman–Crippen MR) is 64.6 cm³/mol. The Balaban J connectivity index is 2.21. The van der Waals surface area contributed by atoms with Crippen LogP contribution in [0.15, 0.2) is 30.3 Å². The van der Waals surface area contributed by atoms with Gasteiger partial charge in [-0.3, -0.25) is 4.39 Å². The van der Waals surface area contributed by atoms with Gasteiger partial charge >= 0.3 is 0 Å². The summed E-state index contributed by atoms with van der Waals surface area (Å²) < 4.78 is 12.7. The molecule has 94 valence electrons. The molecule has 0 aromatic heterocycles. The van der Waals surface area contributed by atoms with Crippen LogP contribution in [0.2, 0.25) is 0 Å². The van der Waals surface area contributed by atoms with Crippen molar-refractivity contribution in [1.29, 1.82) is 0 Å². The van der Waals surface area contributed by atoms with Gasteiger partial charge < -0.3 is 10.2 Å². The van der Waals surface area contributed by atoms with Crippen molar-refractivity contribution in [2.75, 3.05) is 19.9 Å². The van der Waals surface area contributed by atoms with E-state index >= 15 is 0 Å². The molecule has 0 saturated heterocycles. The number of aliphatic hydroxyl groups is 2. The molecule has 0 heterocycles. The fourth-order valence-electron chi connectivity index (χ4n) is 3.16. The molecule has 1 fully saturated rings. The van der Waals surface area contributed by atoms with E-state index in [9.17, 15) is 14.6 Å². The van der Waals surface area contributed by atoms with Crippen LogP contribution in [0.3, 0.4) is 0 Å². The van der Waals surface area contributed by atoms with Gasteiger partial charge in [-0.15, -0.1) is 0 Å². The largest absolute Gasteiger partial charge is 0.396 e. The fraction of sp³-hybridized carbons (Fsp3) is 0.571. The zero-order valence-electron chi connectivity index (χ0n) is 9.90. The number of hydrogen-bond donors (Lipinski definition) is 2. The van der Waals surface area contributed by atoms with Crippen LogP contribution in [0.4, 0.5) is 4.39 Å². The first-order chi connectivity index (χ1) is 8.20. The smallest absolute Gasteiger partial charge is 0.0903 e. The minimum absolute atomic E-state index is 0.0234. The molecule has 0 bridgehead atoms. The second kappa shape index (κ2) is 4.75. The van der Waals surface area contributed by atoms with Crippen LogP contribution in [-0.4, -0.2) is 30.1 Å². The van der Waals surface area contributed by atoms with Gasteiger partial charge in [0, 0.05) is 5.41 Å². The molecule has 2 rings (SSSR count). The lowest BCUT2D eigenvalue weighted by atomic mass is 9.50. The Morgan fingerprint density at radius 2 is 1.65 bits per heavy atom. The van der Waals surface area contributed by atoms with Crippen LogP contribution in [-0.2, 0) is 5.41 Å². The molecule has 1 aromatic rings. The average Bonchev–Trinajstić information content (AvgIpc) is 2.35. The number of aliphatic hydroxyl groups excluding tert-OH is 2. The maximum atomic E-state index is 12.7. The summed E-state index contributed by atoms with van der Waals surface area (Å²) in [6.45, 7) is -0.406. The summed E-state index contributed by atoms with van der Waals surface area (Å²) in [5.41, 5.74) is 0.516. The molecular formula is C14H19FO2. The molecule has 0 radical (unpaired) electrons. The SMILES string of the molecule is OCC1(CO)CC(CCF)(c2ccccc2)C1. The number of halogens is 1. The van der Waals surface area contributed by atoms with Crippen molar-refractivity contribution in [2.24, 2.45) is 5.41 Å². The zero-order valence-corrected chi connectivity index (χ0v) is 9.90. The summed E-state index contributed by atoms with van der Waals surface area (Å²) in [4.78, 5) is 0. The lowest BCUT2D eigenvalue weighted by Crippen LogP contribution is -2.53. The van der Waals surface area contributed by atoms with Crippen molar-refractivity contribution < 1.29 is 14.6 Å². The number of benzene rings is 1. The minimum atomic E-state index is -0.412. The van der Waals surface area contributed by atoms with E-state index in [-0.39, 0.29) is 25.3 Å². The van der Waals surface area contributed by atoms with E-state index in [0.717, 1.165) is 5.56 Å². The summed E-state index contributed by atoms with van der Waals surface area (Å²) in [5.74, 6) is 0. The maximum absolute atomic E-state index is 12.7. The van der Waals surface area contributed by atoms with E-state index in [0.29, 0.717) is 19.3 Å². The van der Waals surface area contributed by atoms with Gasteiger partial charge in [-0.05, 0) is 30.2 Å². The topological polar surface area (TPSA) is 40.5 Å². The average molecular weight is 238 g/mol. The molecule has 1 aliphatic rings. The van der Waals surface area contributed by atoms with Crippen molar-refractivity contribution in [3.63, 3.8) is 0 Å². The second-order valence-corrected chi connectivity index (χ2v) is 5.26. The van der Waals surface area contributed by atoms with E-state index in [1.54, 1.807) is 0 Å². The van der Waals surface area contributed by atoms with Gasteiger partial charge in [0.1, 0.15) is 0 Å². The number of hydrogen-bond acceptors (Lipinski definition) is 2. The molecule has 1 aromatic carbocycles. The highest BCUT2D eigenvalue weighted by Crippen LogP contribution is 2.57. The summed E-state index contributed by atoms with van der Waals surface area (Å²) in [5, 5.41) is 18.7. The summed E-state index contributed by atoms with van der Waals surface area (Å²) in [7, 11) is 0. The van der Waals surface area contributed by atoms with Gasteiger partial charge in [0.15, 0.2) is 0 Å². The highest BCUT2D eigenvalue weighted by molar-refractivity contribution is 5.30. The Bertz CT molecular complexity index is 352. The Morgan fingerprint density at radius 1 is 1.06 bits per heavy atom. The van der Waals surface area contributed by atoms with Crippen LogP contribution < -0.4 is 0 Å². The molecule has 1 aliphatic carbocycles. The third-order valence-corrected chi connectivity index (χ3v) is 4.06. The zero-order chi connectivity index (χ0) is 12.4. The third-order valence-electron chi connectivity index (χ3n) is 4.06. The quantitative estimate of drug-likeness (QED) is 0.824. The van der Waals surface area contributed by atoms with E-state index < -0.39 is 5.41 Å². The van der Waals surface area contributed by atoms with Gasteiger partial charge in [-0.25, -0.2) is 0 Å². The Labute approximate surface area is 101 Å². The van der Waals surface area contributed by atoms with Crippen molar-refractivity contribution in [2.45, 2.75) is 24.7 Å². The van der Waals surface area contributed by atoms with Gasteiger partial charge in [-0.1, -0.05) is 30.3 Å². The third kappa shape index (κ3) is 2.09. The molecule has 0 spiro atoms. The van der Waals surface area contributed by atoms with Gasteiger partial charge in [0.2, 0.25) is 0 Å². The van der Waals surface area contributed by atoms with E-state index in [4.69, 9.17) is 0 Å². The maximum Gasteiger partial charge on any atom is 0.0903 e. The molecule has 0 amide bonds. The summed E-state index contributed by atoms with van der Waals surface area (Å²) in [6, 6.07) is 9.86. The van der Waals surface area contributed by atoms with Crippen LogP contribution in [0.5, 0.6) is 0 Å². The van der Waals surface area contributed by atoms with Crippen LogP contribution in [0.25, 0.3) is 0 Å². The number of alkyl halides is 1. The molecular weight excluding hydrogens is 219 g/mol. The highest BCUT2D eigenvalue weighted by atomic mass is 19.1. The molecule has 2 nitrogen and oxygen atoms in total.